The summed E-state index contributed by atoms with van der Waals surface area (Å²) in [5.41, 5.74) is -0.562. The molecule has 0 aromatic rings. The van der Waals surface area contributed by atoms with Crippen LogP contribution in [0.25, 0.3) is 0 Å². The fourth-order valence-corrected chi connectivity index (χ4v) is 2.75. The van der Waals surface area contributed by atoms with Crippen LogP contribution in [0.15, 0.2) is 0 Å². The second-order valence-electron chi connectivity index (χ2n) is 7.11. The topological polar surface area (TPSA) is 67.9 Å². The largest absolute Gasteiger partial charge is 0.444 e. The number of nitrogens with one attached hydrogen (secondary N) is 1. The minimum Gasteiger partial charge on any atom is -0.444 e. The lowest BCUT2D eigenvalue weighted by atomic mass is 9.79. The molecule has 1 N–H and O–H groups in total. The number of alkyl carbamates (subject to hydrolysis) is 1. The maximum absolute atomic E-state index is 12.8. The molecule has 22 heavy (non-hydrogen) atoms. The van der Waals surface area contributed by atoms with Crippen LogP contribution in [0.3, 0.4) is 0 Å². The third kappa shape index (κ3) is 4.87. The predicted octanol–water partition coefficient (Wildman–Crippen LogP) is 1.93. The number of ether oxygens (including phenoxy) is 2. The molecule has 0 aromatic carbocycles. The molecule has 6 nitrogen and oxygen atoms in total. The number of hydrogen-bond donors (Lipinski definition) is 1. The summed E-state index contributed by atoms with van der Waals surface area (Å²) in [6.45, 7) is 8.00. The molecule has 0 unspecified atom stereocenters. The van der Waals surface area contributed by atoms with E-state index in [0.717, 1.165) is 25.7 Å². The first-order valence-electron chi connectivity index (χ1n) is 8.23. The Morgan fingerprint density at radius 1 is 1.18 bits per heavy atom. The molecule has 6 heteroatoms. The van der Waals surface area contributed by atoms with Crippen LogP contribution in [-0.2, 0) is 14.3 Å². The van der Waals surface area contributed by atoms with Crippen LogP contribution < -0.4 is 5.32 Å². The van der Waals surface area contributed by atoms with Gasteiger partial charge in [-0.15, -0.1) is 0 Å². The Labute approximate surface area is 132 Å². The van der Waals surface area contributed by atoms with Crippen molar-refractivity contribution in [2.45, 2.75) is 58.1 Å². The maximum Gasteiger partial charge on any atom is 0.408 e. The standard InChI is InChI=1S/C16H28N2O4/c1-16(2,3)22-15(20)17-13(12-6-4-7-12)14(19)18-8-5-10-21-11-9-18/h12-13H,4-11H2,1-3H3,(H,17,20)/t13-/m1/s1. The molecule has 1 atom stereocenters. The molecule has 2 rings (SSSR count). The van der Waals surface area contributed by atoms with Gasteiger partial charge >= 0.3 is 6.09 Å². The first-order valence-corrected chi connectivity index (χ1v) is 8.23. The van der Waals surface area contributed by atoms with Crippen molar-refractivity contribution in [3.05, 3.63) is 0 Å². The minimum absolute atomic E-state index is 0.000981. The summed E-state index contributed by atoms with van der Waals surface area (Å²) in [6, 6.07) is -0.471. The number of rotatable bonds is 3. The van der Waals surface area contributed by atoms with Crippen molar-refractivity contribution in [3.63, 3.8) is 0 Å². The molecule has 0 aromatic heterocycles. The van der Waals surface area contributed by atoms with E-state index in [9.17, 15) is 9.59 Å². The fraction of sp³-hybridized carbons (Fsp3) is 0.875. The van der Waals surface area contributed by atoms with E-state index in [1.54, 1.807) is 0 Å². The first kappa shape index (κ1) is 17.1. The van der Waals surface area contributed by atoms with E-state index in [0.29, 0.717) is 26.3 Å². The van der Waals surface area contributed by atoms with Gasteiger partial charge in [-0.3, -0.25) is 4.79 Å². The highest BCUT2D eigenvalue weighted by Gasteiger charge is 2.37. The molecule has 0 bridgehead atoms. The lowest BCUT2D eigenvalue weighted by Crippen LogP contribution is -2.55. The van der Waals surface area contributed by atoms with Crippen molar-refractivity contribution >= 4 is 12.0 Å². The average molecular weight is 312 g/mol. The Morgan fingerprint density at radius 3 is 2.50 bits per heavy atom. The van der Waals surface area contributed by atoms with Crippen molar-refractivity contribution in [2.24, 2.45) is 5.92 Å². The zero-order valence-electron chi connectivity index (χ0n) is 13.9. The number of amides is 2. The van der Waals surface area contributed by atoms with Crippen molar-refractivity contribution in [2.75, 3.05) is 26.3 Å². The quantitative estimate of drug-likeness (QED) is 0.864. The summed E-state index contributed by atoms with van der Waals surface area (Å²) in [6.07, 6.45) is 3.42. The maximum atomic E-state index is 12.8. The highest BCUT2D eigenvalue weighted by atomic mass is 16.6. The summed E-state index contributed by atoms with van der Waals surface area (Å²) < 4.78 is 10.7. The van der Waals surface area contributed by atoms with Gasteiger partial charge in [0.15, 0.2) is 0 Å². The van der Waals surface area contributed by atoms with Gasteiger partial charge in [0, 0.05) is 19.7 Å². The molecule has 2 amide bonds. The van der Waals surface area contributed by atoms with E-state index in [2.05, 4.69) is 5.32 Å². The number of hydrogen-bond acceptors (Lipinski definition) is 4. The average Bonchev–Trinajstić information content (AvgIpc) is 2.61. The summed E-state index contributed by atoms with van der Waals surface area (Å²) in [4.78, 5) is 26.6. The Bertz CT molecular complexity index is 393. The van der Waals surface area contributed by atoms with E-state index in [1.165, 1.54) is 0 Å². The van der Waals surface area contributed by atoms with Crippen LogP contribution in [0.1, 0.15) is 46.5 Å². The van der Waals surface area contributed by atoms with E-state index in [4.69, 9.17) is 9.47 Å². The van der Waals surface area contributed by atoms with Gasteiger partial charge in [0.05, 0.1) is 6.61 Å². The summed E-state index contributed by atoms with van der Waals surface area (Å²) in [7, 11) is 0. The normalized spacial score (nSPS) is 21.5. The van der Waals surface area contributed by atoms with Gasteiger partial charge in [-0.25, -0.2) is 4.79 Å². The Balaban J connectivity index is 1.98. The molecular weight excluding hydrogens is 284 g/mol. The van der Waals surface area contributed by atoms with Gasteiger partial charge in [-0.2, -0.15) is 0 Å². The lowest BCUT2D eigenvalue weighted by molar-refractivity contribution is -0.135. The summed E-state index contributed by atoms with van der Waals surface area (Å²) in [5.74, 6) is 0.227. The first-order chi connectivity index (χ1) is 10.4. The highest BCUT2D eigenvalue weighted by Crippen LogP contribution is 2.30. The number of carbonyl (C=O) groups is 2. The van der Waals surface area contributed by atoms with Crippen LogP contribution in [0.5, 0.6) is 0 Å². The number of carbonyl (C=O) groups excluding carboxylic acids is 2. The molecule has 0 radical (unpaired) electrons. The van der Waals surface area contributed by atoms with Gasteiger partial charge in [-0.05, 0) is 46.0 Å². The molecule has 1 saturated heterocycles. The van der Waals surface area contributed by atoms with Crippen molar-refractivity contribution in [1.29, 1.82) is 0 Å². The molecule has 1 saturated carbocycles. The van der Waals surface area contributed by atoms with Crippen LogP contribution >= 0.6 is 0 Å². The van der Waals surface area contributed by atoms with Crippen molar-refractivity contribution < 1.29 is 19.1 Å². The van der Waals surface area contributed by atoms with Gasteiger partial charge in [0.25, 0.3) is 0 Å². The van der Waals surface area contributed by atoms with Crippen LogP contribution in [0, 0.1) is 5.92 Å². The Hall–Kier alpha value is -1.30. The smallest absolute Gasteiger partial charge is 0.408 e. The molecule has 1 aliphatic carbocycles. The Morgan fingerprint density at radius 2 is 1.91 bits per heavy atom. The van der Waals surface area contributed by atoms with Crippen molar-refractivity contribution in [3.8, 4) is 0 Å². The zero-order chi connectivity index (χ0) is 16.2. The van der Waals surface area contributed by atoms with Crippen LogP contribution in [-0.4, -0.2) is 54.8 Å². The van der Waals surface area contributed by atoms with Gasteiger partial charge in [0.1, 0.15) is 11.6 Å². The SMILES string of the molecule is CC(C)(C)OC(=O)N[C@@H](C(=O)N1CCCOCC1)C1CCC1. The Kier molecular flexibility index (Phi) is 5.67. The monoisotopic (exact) mass is 312 g/mol. The summed E-state index contributed by atoms with van der Waals surface area (Å²) in [5, 5.41) is 2.80. The second-order valence-corrected chi connectivity index (χ2v) is 7.11. The fourth-order valence-electron chi connectivity index (χ4n) is 2.75. The third-order valence-corrected chi connectivity index (χ3v) is 4.09. The molecule has 1 aliphatic heterocycles. The molecular formula is C16H28N2O4. The highest BCUT2D eigenvalue weighted by molar-refractivity contribution is 5.86. The second kappa shape index (κ2) is 7.31. The lowest BCUT2D eigenvalue weighted by Gasteiger charge is -2.36. The summed E-state index contributed by atoms with van der Waals surface area (Å²) >= 11 is 0. The molecule has 126 valence electrons. The molecule has 2 fully saturated rings. The van der Waals surface area contributed by atoms with Gasteiger partial charge in [0.2, 0.25) is 5.91 Å². The van der Waals surface area contributed by atoms with E-state index >= 15 is 0 Å². The zero-order valence-corrected chi connectivity index (χ0v) is 13.9. The van der Waals surface area contributed by atoms with Gasteiger partial charge in [-0.1, -0.05) is 6.42 Å². The third-order valence-electron chi connectivity index (χ3n) is 4.09. The molecule has 0 spiro atoms. The van der Waals surface area contributed by atoms with Crippen LogP contribution in [0.4, 0.5) is 4.79 Å². The van der Waals surface area contributed by atoms with Gasteiger partial charge < -0.3 is 19.7 Å². The van der Waals surface area contributed by atoms with E-state index in [-0.39, 0.29) is 11.8 Å². The predicted molar refractivity (Wildman–Crippen MR) is 82.5 cm³/mol. The van der Waals surface area contributed by atoms with Crippen LogP contribution in [0.2, 0.25) is 0 Å². The number of nitrogens with zero attached hydrogens (tertiary/aromatic N) is 1. The molecule has 2 aliphatic rings. The van der Waals surface area contributed by atoms with Crippen molar-refractivity contribution in [1.82, 2.24) is 10.2 Å². The minimum atomic E-state index is -0.562. The van der Waals surface area contributed by atoms with E-state index in [1.807, 2.05) is 25.7 Å². The molecule has 1 heterocycles. The van der Waals surface area contributed by atoms with E-state index < -0.39 is 17.7 Å².